The summed E-state index contributed by atoms with van der Waals surface area (Å²) in [6.45, 7) is 3.63. The largest absolute Gasteiger partial charge is 0.507 e. The van der Waals surface area contributed by atoms with Crippen LogP contribution in [0.4, 0.5) is 4.39 Å². The third-order valence-corrected chi connectivity index (χ3v) is 5.20. The quantitative estimate of drug-likeness (QED) is 0.324. The van der Waals surface area contributed by atoms with E-state index in [0.717, 1.165) is 23.8 Å². The molecular weight excluding hydrogens is 431 g/mol. The predicted molar refractivity (Wildman–Crippen MR) is 116 cm³/mol. The Bertz CT molecular complexity index is 1370. The number of benzene rings is 2. The minimum absolute atomic E-state index is 0.0721. The Balaban J connectivity index is 1.71. The summed E-state index contributed by atoms with van der Waals surface area (Å²) < 4.78 is 24.4. The Morgan fingerprint density at radius 1 is 1.09 bits per heavy atom. The number of fused-ring (bicyclic) bond motifs is 2. The average molecular weight is 450 g/mol. The van der Waals surface area contributed by atoms with Gasteiger partial charge in [-0.05, 0) is 56.3 Å². The fourth-order valence-corrected chi connectivity index (χ4v) is 3.61. The molecule has 1 atom stereocenters. The van der Waals surface area contributed by atoms with Crippen LogP contribution in [-0.2, 0) is 4.74 Å². The summed E-state index contributed by atoms with van der Waals surface area (Å²) in [5, 5.41) is 20.5. The first-order valence-electron chi connectivity index (χ1n) is 10.0. The summed E-state index contributed by atoms with van der Waals surface area (Å²) in [5.41, 5.74) is 0.347. The van der Waals surface area contributed by atoms with Gasteiger partial charge >= 0.3 is 5.97 Å². The highest BCUT2D eigenvalue weighted by Gasteiger charge is 2.36. The highest BCUT2D eigenvalue weighted by Crippen LogP contribution is 2.36. The number of hydrogen-bond donors (Lipinski definition) is 2. The van der Waals surface area contributed by atoms with Crippen molar-refractivity contribution in [2.75, 3.05) is 0 Å². The summed E-state index contributed by atoms with van der Waals surface area (Å²) >= 11 is 0. The molecule has 1 aliphatic rings. The molecule has 0 radical (unpaired) electrons. The number of halogens is 1. The summed E-state index contributed by atoms with van der Waals surface area (Å²) in [6.07, 6.45) is 1.61. The van der Waals surface area contributed by atoms with E-state index in [1.807, 2.05) is 13.8 Å². The van der Waals surface area contributed by atoms with E-state index in [1.54, 1.807) is 6.08 Å². The predicted octanol–water partition coefficient (Wildman–Crippen LogP) is 4.87. The maximum absolute atomic E-state index is 13.5. The smallest absolute Gasteiger partial charge is 0.374 e. The van der Waals surface area contributed by atoms with E-state index in [9.17, 15) is 29.0 Å². The first-order chi connectivity index (χ1) is 15.7. The Kier molecular flexibility index (Phi) is 5.59. The van der Waals surface area contributed by atoms with E-state index in [0.29, 0.717) is 5.39 Å². The van der Waals surface area contributed by atoms with Crippen molar-refractivity contribution in [2.24, 2.45) is 0 Å². The molecule has 3 aromatic rings. The number of phenolic OH excluding ortho intramolecular Hbond substituents is 2. The average Bonchev–Trinajstić information content (AvgIpc) is 3.18. The minimum Gasteiger partial charge on any atom is -0.507 e. The van der Waals surface area contributed by atoms with Crippen molar-refractivity contribution in [3.05, 3.63) is 82.4 Å². The van der Waals surface area contributed by atoms with Crippen LogP contribution in [0.5, 0.6) is 11.5 Å². The molecule has 2 aromatic carbocycles. The van der Waals surface area contributed by atoms with E-state index in [2.05, 4.69) is 0 Å². The van der Waals surface area contributed by atoms with Crippen molar-refractivity contribution >= 4 is 28.5 Å². The highest BCUT2D eigenvalue weighted by atomic mass is 19.1. The number of Topliss-reactive ketones (excluding diaryl/α,β-unsaturated/α-hetero) is 1. The van der Waals surface area contributed by atoms with Crippen molar-refractivity contribution in [1.82, 2.24) is 0 Å². The molecule has 0 unspecified atom stereocenters. The molecule has 7 nitrogen and oxygen atoms in total. The third kappa shape index (κ3) is 4.15. The van der Waals surface area contributed by atoms with Gasteiger partial charge in [0.1, 0.15) is 29.0 Å². The van der Waals surface area contributed by atoms with E-state index < -0.39 is 41.0 Å². The molecule has 0 amide bonds. The number of hydrogen-bond acceptors (Lipinski definition) is 7. The van der Waals surface area contributed by atoms with E-state index in [-0.39, 0.29) is 34.5 Å². The Morgan fingerprint density at radius 3 is 2.48 bits per heavy atom. The topological polar surface area (TPSA) is 114 Å². The molecule has 33 heavy (non-hydrogen) atoms. The van der Waals surface area contributed by atoms with Crippen LogP contribution < -0.4 is 0 Å². The number of carbonyl (C=O) groups excluding carboxylic acids is 3. The lowest BCUT2D eigenvalue weighted by Gasteiger charge is -2.23. The fourth-order valence-electron chi connectivity index (χ4n) is 3.61. The fraction of sp³-hybridized carbons (Fsp3) is 0.160. The van der Waals surface area contributed by atoms with Crippen LogP contribution in [0.3, 0.4) is 0 Å². The number of aromatic hydroxyl groups is 2. The molecule has 168 valence electrons. The molecular formula is C25H19FO7. The molecule has 4 rings (SSSR count). The molecule has 0 spiro atoms. The van der Waals surface area contributed by atoms with Gasteiger partial charge in [-0.25, -0.2) is 9.18 Å². The summed E-state index contributed by atoms with van der Waals surface area (Å²) in [4.78, 5) is 38.6. The maximum atomic E-state index is 13.5. The van der Waals surface area contributed by atoms with Gasteiger partial charge in [0.25, 0.3) is 0 Å². The summed E-state index contributed by atoms with van der Waals surface area (Å²) in [5.74, 6) is -3.97. The van der Waals surface area contributed by atoms with Crippen molar-refractivity contribution in [2.45, 2.75) is 26.4 Å². The van der Waals surface area contributed by atoms with Crippen molar-refractivity contribution in [1.29, 1.82) is 0 Å². The monoisotopic (exact) mass is 450 g/mol. The molecule has 0 saturated heterocycles. The Labute approximate surface area is 187 Å². The summed E-state index contributed by atoms with van der Waals surface area (Å²) in [7, 11) is 0. The molecule has 1 heterocycles. The van der Waals surface area contributed by atoms with Gasteiger partial charge in [-0.3, -0.25) is 9.59 Å². The van der Waals surface area contributed by atoms with Gasteiger partial charge in [-0.1, -0.05) is 11.6 Å². The number of esters is 1. The molecule has 0 bridgehead atoms. The molecule has 8 heteroatoms. The second kappa shape index (κ2) is 8.38. The van der Waals surface area contributed by atoms with Crippen LogP contribution in [0, 0.1) is 5.82 Å². The molecule has 1 aromatic heterocycles. The Hall–Kier alpha value is -4.20. The van der Waals surface area contributed by atoms with Crippen LogP contribution in [0.15, 0.2) is 64.1 Å². The van der Waals surface area contributed by atoms with Crippen molar-refractivity contribution in [3.63, 3.8) is 0 Å². The maximum Gasteiger partial charge on any atom is 0.374 e. The Morgan fingerprint density at radius 2 is 1.79 bits per heavy atom. The first-order valence-corrected chi connectivity index (χ1v) is 10.0. The second-order valence-corrected chi connectivity index (χ2v) is 7.85. The lowest BCUT2D eigenvalue weighted by atomic mass is 9.85. The van der Waals surface area contributed by atoms with E-state index in [4.69, 9.17) is 9.15 Å². The number of allylic oxidation sites excluding steroid dienone is 2. The van der Waals surface area contributed by atoms with Gasteiger partial charge < -0.3 is 19.4 Å². The molecule has 0 aliphatic heterocycles. The molecule has 0 fully saturated rings. The molecule has 2 N–H and O–H groups in total. The number of phenols is 2. The number of rotatable bonds is 5. The standard InChI is InChI=1S/C25H19FO7/c1-12(2)3-7-20(33-25(31)21-10-13-9-14(26)4-8-19(13)32-21)15-11-18(29)22-16(27)5-6-17(28)23(22)24(15)30/h3-6,8-11,20,27-28H,7H2,1-2H3/t20-/m1/s1. The van der Waals surface area contributed by atoms with Gasteiger partial charge in [0.2, 0.25) is 5.76 Å². The SMILES string of the molecule is CC(C)=CC[C@@H](OC(=O)c1cc2cc(F)ccc2o1)C1=CC(=O)c2c(O)ccc(O)c2C1=O. The zero-order chi connectivity index (χ0) is 23.9. The third-order valence-electron chi connectivity index (χ3n) is 5.20. The van der Waals surface area contributed by atoms with Gasteiger partial charge in [0.15, 0.2) is 11.6 Å². The number of carbonyl (C=O) groups is 3. The second-order valence-electron chi connectivity index (χ2n) is 7.85. The lowest BCUT2D eigenvalue weighted by molar-refractivity contribution is 0.0339. The first kappa shape index (κ1) is 22.0. The van der Waals surface area contributed by atoms with Gasteiger partial charge in [-0.15, -0.1) is 0 Å². The summed E-state index contributed by atoms with van der Waals surface area (Å²) in [6, 6.07) is 7.31. The lowest BCUT2D eigenvalue weighted by Crippen LogP contribution is -2.29. The number of ether oxygens (including phenoxy) is 1. The zero-order valence-electron chi connectivity index (χ0n) is 17.7. The van der Waals surface area contributed by atoms with E-state index in [1.165, 1.54) is 24.3 Å². The number of furan rings is 1. The van der Waals surface area contributed by atoms with Gasteiger partial charge in [0.05, 0.1) is 11.1 Å². The zero-order valence-corrected chi connectivity index (χ0v) is 17.7. The van der Waals surface area contributed by atoms with E-state index >= 15 is 0 Å². The normalized spacial score (nSPS) is 14.0. The molecule has 1 aliphatic carbocycles. The minimum atomic E-state index is -1.18. The van der Waals surface area contributed by atoms with Crippen molar-refractivity contribution in [3.8, 4) is 11.5 Å². The number of ketones is 2. The van der Waals surface area contributed by atoms with Crippen molar-refractivity contribution < 1.29 is 38.1 Å². The van der Waals surface area contributed by atoms with Crippen LogP contribution in [0.1, 0.15) is 51.5 Å². The van der Waals surface area contributed by atoms with Crippen LogP contribution in [-0.4, -0.2) is 33.9 Å². The van der Waals surface area contributed by atoms with Crippen LogP contribution in [0.2, 0.25) is 0 Å². The van der Waals surface area contributed by atoms with Gasteiger partial charge in [0, 0.05) is 17.4 Å². The van der Waals surface area contributed by atoms with Crippen LogP contribution >= 0.6 is 0 Å². The highest BCUT2D eigenvalue weighted by molar-refractivity contribution is 6.27. The van der Waals surface area contributed by atoms with Gasteiger partial charge in [-0.2, -0.15) is 0 Å². The van der Waals surface area contributed by atoms with Crippen LogP contribution in [0.25, 0.3) is 11.0 Å². The molecule has 0 saturated carbocycles.